The average Bonchev–Trinajstić information content (AvgIpc) is 2.56. The van der Waals surface area contributed by atoms with Crippen molar-refractivity contribution in [3.63, 3.8) is 0 Å². The summed E-state index contributed by atoms with van der Waals surface area (Å²) in [4.78, 5) is 5.12. The Morgan fingerprint density at radius 2 is 2.29 bits per heavy atom. The predicted octanol–water partition coefficient (Wildman–Crippen LogP) is 1.98. The molecule has 3 heteroatoms. The Kier molecular flexibility index (Phi) is 2.39. The molecule has 0 bridgehead atoms. The Morgan fingerprint density at radius 1 is 1.50 bits per heavy atom. The highest BCUT2D eigenvalue weighted by Gasteiger charge is 2.16. The maximum atomic E-state index is 5.84. The third-order valence-corrected chi connectivity index (χ3v) is 2.33. The van der Waals surface area contributed by atoms with E-state index in [0.717, 1.165) is 29.8 Å². The van der Waals surface area contributed by atoms with Crippen molar-refractivity contribution in [2.75, 3.05) is 5.73 Å². The average molecular weight is 190 g/mol. The molecule has 1 unspecified atom stereocenters. The Hall–Kier alpha value is -1.51. The van der Waals surface area contributed by atoms with E-state index in [-0.39, 0.29) is 6.10 Å². The molecule has 1 heterocycles. The Bertz CT molecular complexity index is 360. The SMILES string of the molecule is CC1CC(Cc2ccccc2N)=NO1. The molecule has 0 saturated heterocycles. The number of nitrogens with zero attached hydrogens (tertiary/aromatic N) is 1. The first-order chi connectivity index (χ1) is 6.75. The topological polar surface area (TPSA) is 47.6 Å². The molecule has 2 rings (SSSR count). The number of anilines is 1. The number of nitrogen functional groups attached to an aromatic ring is 1. The summed E-state index contributed by atoms with van der Waals surface area (Å²) < 4.78 is 0. The fourth-order valence-electron chi connectivity index (χ4n) is 1.59. The lowest BCUT2D eigenvalue weighted by molar-refractivity contribution is 0.0995. The van der Waals surface area contributed by atoms with E-state index in [0.29, 0.717) is 0 Å². The highest BCUT2D eigenvalue weighted by Crippen LogP contribution is 2.17. The highest BCUT2D eigenvalue weighted by atomic mass is 16.6. The summed E-state index contributed by atoms with van der Waals surface area (Å²) in [7, 11) is 0. The van der Waals surface area contributed by atoms with Gasteiger partial charge in [-0.3, -0.25) is 0 Å². The van der Waals surface area contributed by atoms with E-state index in [1.165, 1.54) is 0 Å². The fraction of sp³-hybridized carbons (Fsp3) is 0.364. The maximum absolute atomic E-state index is 5.84. The van der Waals surface area contributed by atoms with E-state index in [9.17, 15) is 0 Å². The Morgan fingerprint density at radius 3 is 2.93 bits per heavy atom. The van der Waals surface area contributed by atoms with E-state index in [4.69, 9.17) is 10.6 Å². The molecule has 2 N–H and O–H groups in total. The molecular weight excluding hydrogens is 176 g/mol. The second-order valence-corrected chi connectivity index (χ2v) is 3.65. The molecule has 74 valence electrons. The predicted molar refractivity (Wildman–Crippen MR) is 57.2 cm³/mol. The third kappa shape index (κ3) is 1.87. The minimum absolute atomic E-state index is 0.218. The number of hydrogen-bond acceptors (Lipinski definition) is 3. The molecule has 0 spiro atoms. The Balaban J connectivity index is 2.08. The standard InChI is InChI=1S/C11H14N2O/c1-8-6-10(13-14-8)7-9-4-2-3-5-11(9)12/h2-5,8H,6-7,12H2,1H3. The van der Waals surface area contributed by atoms with Gasteiger partial charge in [0.2, 0.25) is 0 Å². The molecule has 1 aliphatic heterocycles. The van der Waals surface area contributed by atoms with Crippen LogP contribution in [0.15, 0.2) is 29.4 Å². The van der Waals surface area contributed by atoms with Crippen LogP contribution < -0.4 is 5.73 Å². The Labute approximate surface area is 83.6 Å². The molecule has 0 amide bonds. The van der Waals surface area contributed by atoms with E-state index >= 15 is 0 Å². The zero-order valence-electron chi connectivity index (χ0n) is 8.23. The molecule has 0 aliphatic carbocycles. The van der Waals surface area contributed by atoms with Crippen LogP contribution in [0.5, 0.6) is 0 Å². The van der Waals surface area contributed by atoms with Gasteiger partial charge >= 0.3 is 0 Å². The number of nitrogens with two attached hydrogens (primary N) is 1. The van der Waals surface area contributed by atoms with Crippen molar-refractivity contribution in [2.24, 2.45) is 5.16 Å². The molecule has 0 saturated carbocycles. The van der Waals surface area contributed by atoms with Gasteiger partial charge in [-0.2, -0.15) is 0 Å². The first-order valence-electron chi connectivity index (χ1n) is 4.80. The van der Waals surface area contributed by atoms with Crippen LogP contribution >= 0.6 is 0 Å². The van der Waals surface area contributed by atoms with Gasteiger partial charge < -0.3 is 10.6 Å². The van der Waals surface area contributed by atoms with Crippen molar-refractivity contribution < 1.29 is 4.84 Å². The molecule has 0 aromatic heterocycles. The summed E-state index contributed by atoms with van der Waals surface area (Å²) in [6, 6.07) is 7.87. The zero-order chi connectivity index (χ0) is 9.97. The third-order valence-electron chi connectivity index (χ3n) is 2.33. The number of para-hydroxylation sites is 1. The lowest BCUT2D eigenvalue weighted by Crippen LogP contribution is -2.06. The number of hydrogen-bond donors (Lipinski definition) is 1. The van der Waals surface area contributed by atoms with Gasteiger partial charge in [0, 0.05) is 18.5 Å². The lowest BCUT2D eigenvalue weighted by atomic mass is 10.0. The monoisotopic (exact) mass is 190 g/mol. The van der Waals surface area contributed by atoms with Gasteiger partial charge in [-0.05, 0) is 18.6 Å². The summed E-state index contributed by atoms with van der Waals surface area (Å²) in [5.41, 5.74) is 8.87. The van der Waals surface area contributed by atoms with Crippen LogP contribution in [-0.4, -0.2) is 11.8 Å². The fourth-order valence-corrected chi connectivity index (χ4v) is 1.59. The van der Waals surface area contributed by atoms with Gasteiger partial charge in [-0.15, -0.1) is 0 Å². The highest BCUT2D eigenvalue weighted by molar-refractivity contribution is 5.88. The van der Waals surface area contributed by atoms with Crippen molar-refractivity contribution in [2.45, 2.75) is 25.9 Å². The van der Waals surface area contributed by atoms with Crippen LogP contribution in [0.2, 0.25) is 0 Å². The molecule has 0 fully saturated rings. The van der Waals surface area contributed by atoms with E-state index < -0.39 is 0 Å². The summed E-state index contributed by atoms with van der Waals surface area (Å²) in [5, 5.41) is 4.01. The van der Waals surface area contributed by atoms with Gasteiger partial charge in [-0.1, -0.05) is 23.4 Å². The smallest absolute Gasteiger partial charge is 0.130 e. The van der Waals surface area contributed by atoms with Crippen molar-refractivity contribution in [3.8, 4) is 0 Å². The van der Waals surface area contributed by atoms with Crippen molar-refractivity contribution in [1.29, 1.82) is 0 Å². The summed E-state index contributed by atoms with van der Waals surface area (Å²) in [6.07, 6.45) is 1.93. The number of rotatable bonds is 2. The van der Waals surface area contributed by atoms with Crippen LogP contribution in [0, 0.1) is 0 Å². The minimum Gasteiger partial charge on any atom is -0.398 e. The molecule has 1 aromatic carbocycles. The molecule has 0 radical (unpaired) electrons. The van der Waals surface area contributed by atoms with Crippen molar-refractivity contribution in [3.05, 3.63) is 29.8 Å². The first-order valence-corrected chi connectivity index (χ1v) is 4.80. The van der Waals surface area contributed by atoms with Crippen LogP contribution in [-0.2, 0) is 11.3 Å². The first kappa shape index (κ1) is 9.06. The largest absolute Gasteiger partial charge is 0.398 e. The van der Waals surface area contributed by atoms with Crippen LogP contribution in [0.3, 0.4) is 0 Å². The van der Waals surface area contributed by atoms with Crippen molar-refractivity contribution >= 4 is 11.4 Å². The zero-order valence-corrected chi connectivity index (χ0v) is 8.23. The van der Waals surface area contributed by atoms with Crippen LogP contribution in [0.1, 0.15) is 18.9 Å². The quantitative estimate of drug-likeness (QED) is 0.725. The van der Waals surface area contributed by atoms with E-state index in [1.807, 2.05) is 31.2 Å². The molecule has 1 atom stereocenters. The minimum atomic E-state index is 0.218. The van der Waals surface area contributed by atoms with Crippen LogP contribution in [0.4, 0.5) is 5.69 Å². The normalized spacial score (nSPS) is 20.4. The van der Waals surface area contributed by atoms with Crippen molar-refractivity contribution in [1.82, 2.24) is 0 Å². The molecule has 1 aliphatic rings. The van der Waals surface area contributed by atoms with Gasteiger partial charge in [-0.25, -0.2) is 0 Å². The summed E-state index contributed by atoms with van der Waals surface area (Å²) in [5.74, 6) is 0. The summed E-state index contributed by atoms with van der Waals surface area (Å²) >= 11 is 0. The van der Waals surface area contributed by atoms with Gasteiger partial charge in [0.05, 0.1) is 5.71 Å². The van der Waals surface area contributed by atoms with E-state index in [2.05, 4.69) is 5.16 Å². The molecular formula is C11H14N2O. The van der Waals surface area contributed by atoms with Gasteiger partial charge in [0.1, 0.15) is 6.10 Å². The second kappa shape index (κ2) is 3.70. The van der Waals surface area contributed by atoms with Crippen LogP contribution in [0.25, 0.3) is 0 Å². The molecule has 14 heavy (non-hydrogen) atoms. The molecule has 1 aromatic rings. The maximum Gasteiger partial charge on any atom is 0.130 e. The number of oxime groups is 1. The van der Waals surface area contributed by atoms with Gasteiger partial charge in [0.15, 0.2) is 0 Å². The second-order valence-electron chi connectivity index (χ2n) is 3.65. The number of benzene rings is 1. The lowest BCUT2D eigenvalue weighted by Gasteiger charge is -2.03. The van der Waals surface area contributed by atoms with E-state index in [1.54, 1.807) is 0 Å². The van der Waals surface area contributed by atoms with Gasteiger partial charge in [0.25, 0.3) is 0 Å². The molecule has 3 nitrogen and oxygen atoms in total. The summed E-state index contributed by atoms with van der Waals surface area (Å²) in [6.45, 7) is 2.02.